The van der Waals surface area contributed by atoms with Gasteiger partial charge in [0.2, 0.25) is 0 Å². The Bertz CT molecular complexity index is 912. The van der Waals surface area contributed by atoms with Crippen LogP contribution in [-0.4, -0.2) is 42.2 Å². The quantitative estimate of drug-likeness (QED) is 0.752. The monoisotopic (exact) mass is 365 g/mol. The van der Waals surface area contributed by atoms with Crippen molar-refractivity contribution < 1.29 is 13.2 Å². The molecule has 0 saturated heterocycles. The van der Waals surface area contributed by atoms with Gasteiger partial charge in [-0.15, -0.1) is 0 Å². The summed E-state index contributed by atoms with van der Waals surface area (Å²) in [6.07, 6.45) is 4.35. The van der Waals surface area contributed by atoms with Gasteiger partial charge >= 0.3 is 6.18 Å². The summed E-state index contributed by atoms with van der Waals surface area (Å²) in [7, 11) is 0. The van der Waals surface area contributed by atoms with Gasteiger partial charge in [-0.05, 0) is 31.2 Å². The van der Waals surface area contributed by atoms with Gasteiger partial charge in [0.1, 0.15) is 18.7 Å². The highest BCUT2D eigenvalue weighted by atomic mass is 19.4. The van der Waals surface area contributed by atoms with E-state index in [2.05, 4.69) is 30.2 Å². The van der Waals surface area contributed by atoms with E-state index in [1.165, 1.54) is 30.2 Å². The van der Waals surface area contributed by atoms with Crippen LogP contribution in [0.3, 0.4) is 0 Å². The van der Waals surface area contributed by atoms with Crippen LogP contribution in [0.1, 0.15) is 24.1 Å². The highest BCUT2D eigenvalue weighted by molar-refractivity contribution is 5.85. The number of alkyl halides is 3. The molecule has 10 heteroatoms. The van der Waals surface area contributed by atoms with Gasteiger partial charge in [-0.25, -0.2) is 9.97 Å². The molecule has 1 aliphatic heterocycles. The predicted octanol–water partition coefficient (Wildman–Crippen LogP) is 2.58. The van der Waals surface area contributed by atoms with Gasteiger partial charge in [-0.1, -0.05) is 0 Å². The van der Waals surface area contributed by atoms with Crippen LogP contribution >= 0.6 is 0 Å². The molecule has 3 aromatic rings. The lowest BCUT2D eigenvalue weighted by molar-refractivity contribution is -0.142. The Kier molecular flexibility index (Phi) is 4.25. The fraction of sp³-hybridized carbons (Fsp3) is 0.500. The Hall–Kier alpha value is -2.65. The van der Waals surface area contributed by atoms with Crippen LogP contribution in [0.2, 0.25) is 0 Å². The number of nitrogens with one attached hydrogen (secondary N) is 1. The minimum atomic E-state index is -4.33. The Balaban J connectivity index is 1.46. The van der Waals surface area contributed by atoms with Gasteiger partial charge in [0, 0.05) is 25.0 Å². The number of anilines is 1. The molecule has 3 aromatic heterocycles. The molecule has 4 heterocycles. The zero-order valence-electron chi connectivity index (χ0n) is 14.0. The molecular weight excluding hydrogens is 347 g/mol. The van der Waals surface area contributed by atoms with Crippen molar-refractivity contribution in [3.05, 3.63) is 30.0 Å². The molecule has 1 N–H and O–H groups in total. The molecule has 138 valence electrons. The predicted molar refractivity (Wildman–Crippen MR) is 88.7 cm³/mol. The molecule has 7 nitrogen and oxygen atoms in total. The second-order valence-electron chi connectivity index (χ2n) is 6.37. The topological polar surface area (TPSA) is 73.5 Å². The van der Waals surface area contributed by atoms with Gasteiger partial charge in [-0.2, -0.15) is 23.4 Å². The van der Waals surface area contributed by atoms with E-state index in [1.807, 2.05) is 6.20 Å². The van der Waals surface area contributed by atoms with Gasteiger partial charge in [0.05, 0.1) is 11.6 Å². The van der Waals surface area contributed by atoms with E-state index in [1.54, 1.807) is 0 Å². The number of hydrogen-bond acceptors (Lipinski definition) is 5. The van der Waals surface area contributed by atoms with Crippen molar-refractivity contribution in [2.75, 3.05) is 11.9 Å². The van der Waals surface area contributed by atoms with Gasteiger partial charge < -0.3 is 5.32 Å². The highest BCUT2D eigenvalue weighted by Gasteiger charge is 2.28. The number of fused-ring (bicyclic) bond motifs is 2. The first kappa shape index (κ1) is 16.8. The second-order valence-corrected chi connectivity index (χ2v) is 6.37. The van der Waals surface area contributed by atoms with Crippen LogP contribution in [0.4, 0.5) is 19.0 Å². The average molecular weight is 365 g/mol. The van der Waals surface area contributed by atoms with Crippen LogP contribution < -0.4 is 5.32 Å². The third kappa shape index (κ3) is 3.49. The molecular formula is C16H18F3N7. The number of rotatable bonds is 5. The van der Waals surface area contributed by atoms with Crippen LogP contribution in [0.25, 0.3) is 11.0 Å². The lowest BCUT2D eigenvalue weighted by Crippen LogP contribution is -2.17. The minimum Gasteiger partial charge on any atom is -0.369 e. The van der Waals surface area contributed by atoms with Crippen LogP contribution in [0, 0.1) is 0 Å². The Morgan fingerprint density at radius 2 is 2.08 bits per heavy atom. The first-order valence-corrected chi connectivity index (χ1v) is 8.52. The highest BCUT2D eigenvalue weighted by Crippen LogP contribution is 2.22. The number of aromatic nitrogens is 6. The standard InChI is InChI=1S/C16H18F3N7/c17-16(18,19)9-25-8-12-14(21-10-22-15(12)24-25)20-5-4-11-7-23-26-6-2-1-3-13(11)26/h7-8,10H,1-6,9H2,(H,20,21,22,24). The maximum absolute atomic E-state index is 12.5. The molecule has 0 amide bonds. The van der Waals surface area contributed by atoms with E-state index in [9.17, 15) is 13.2 Å². The van der Waals surface area contributed by atoms with E-state index in [4.69, 9.17) is 0 Å². The molecule has 0 aliphatic carbocycles. The molecule has 1 aliphatic rings. The summed E-state index contributed by atoms with van der Waals surface area (Å²) in [5, 5.41) is 11.9. The molecule has 0 spiro atoms. The first-order valence-electron chi connectivity index (χ1n) is 8.52. The number of hydrogen-bond donors (Lipinski definition) is 1. The fourth-order valence-corrected chi connectivity index (χ4v) is 3.30. The molecule has 0 aromatic carbocycles. The number of aryl methyl sites for hydroxylation is 1. The molecule has 0 fully saturated rings. The van der Waals surface area contributed by atoms with Crippen molar-refractivity contribution in [3.63, 3.8) is 0 Å². The normalized spacial score (nSPS) is 14.6. The average Bonchev–Trinajstić information content (AvgIpc) is 3.17. The zero-order chi connectivity index (χ0) is 18.1. The molecule has 0 saturated carbocycles. The molecule has 4 rings (SSSR count). The maximum atomic E-state index is 12.5. The lowest BCUT2D eigenvalue weighted by Gasteiger charge is -2.14. The second kappa shape index (κ2) is 6.58. The maximum Gasteiger partial charge on any atom is 0.408 e. The summed E-state index contributed by atoms with van der Waals surface area (Å²) in [4.78, 5) is 8.09. The van der Waals surface area contributed by atoms with E-state index in [0.29, 0.717) is 17.7 Å². The smallest absolute Gasteiger partial charge is 0.369 e. The third-order valence-electron chi connectivity index (χ3n) is 4.46. The summed E-state index contributed by atoms with van der Waals surface area (Å²) in [5.74, 6) is 0.490. The fourth-order valence-electron chi connectivity index (χ4n) is 3.30. The molecule has 0 unspecified atom stereocenters. The van der Waals surface area contributed by atoms with Crippen LogP contribution in [-0.2, 0) is 25.9 Å². The van der Waals surface area contributed by atoms with E-state index in [-0.39, 0.29) is 5.65 Å². The van der Waals surface area contributed by atoms with Crippen molar-refractivity contribution in [2.45, 2.75) is 44.9 Å². The van der Waals surface area contributed by atoms with Crippen LogP contribution in [0.15, 0.2) is 18.7 Å². The lowest BCUT2D eigenvalue weighted by atomic mass is 10.1. The summed E-state index contributed by atoms with van der Waals surface area (Å²) in [6.45, 7) is 0.425. The van der Waals surface area contributed by atoms with Crippen molar-refractivity contribution in [2.24, 2.45) is 0 Å². The van der Waals surface area contributed by atoms with Crippen molar-refractivity contribution in [1.29, 1.82) is 0 Å². The summed E-state index contributed by atoms with van der Waals surface area (Å²) < 4.78 is 40.5. The van der Waals surface area contributed by atoms with E-state index >= 15 is 0 Å². The third-order valence-corrected chi connectivity index (χ3v) is 4.46. The Morgan fingerprint density at radius 1 is 1.19 bits per heavy atom. The minimum absolute atomic E-state index is 0.245. The van der Waals surface area contributed by atoms with Gasteiger partial charge in [0.25, 0.3) is 0 Å². The van der Waals surface area contributed by atoms with E-state index < -0.39 is 12.7 Å². The summed E-state index contributed by atoms with van der Waals surface area (Å²) >= 11 is 0. The first-order chi connectivity index (χ1) is 12.5. The zero-order valence-corrected chi connectivity index (χ0v) is 14.0. The number of halogens is 3. The molecule has 0 radical (unpaired) electrons. The van der Waals surface area contributed by atoms with Crippen molar-refractivity contribution in [1.82, 2.24) is 29.5 Å². The van der Waals surface area contributed by atoms with Crippen molar-refractivity contribution >= 4 is 16.9 Å². The van der Waals surface area contributed by atoms with Gasteiger partial charge in [-0.3, -0.25) is 9.36 Å². The van der Waals surface area contributed by atoms with Crippen molar-refractivity contribution in [3.8, 4) is 0 Å². The Labute approximate surface area is 147 Å². The Morgan fingerprint density at radius 3 is 2.92 bits per heavy atom. The summed E-state index contributed by atoms with van der Waals surface area (Å²) in [5.41, 5.74) is 2.73. The number of nitrogens with zero attached hydrogens (tertiary/aromatic N) is 6. The SMILES string of the molecule is FC(F)(F)Cn1cc2c(NCCc3cnn4c3CCCC4)ncnc2n1. The van der Waals surface area contributed by atoms with Crippen LogP contribution in [0.5, 0.6) is 0 Å². The largest absolute Gasteiger partial charge is 0.408 e. The molecule has 0 atom stereocenters. The molecule has 0 bridgehead atoms. The molecule has 26 heavy (non-hydrogen) atoms. The van der Waals surface area contributed by atoms with E-state index in [0.717, 1.165) is 30.5 Å². The van der Waals surface area contributed by atoms with Gasteiger partial charge in [0.15, 0.2) is 5.65 Å². The summed E-state index contributed by atoms with van der Waals surface area (Å²) in [6, 6.07) is 0.